The highest BCUT2D eigenvalue weighted by atomic mass is 16.5. The summed E-state index contributed by atoms with van der Waals surface area (Å²) in [5.41, 5.74) is 3.46. The number of carbonyl (C=O) groups excluding carboxylic acids is 1. The molecule has 0 aliphatic heterocycles. The zero-order valence-corrected chi connectivity index (χ0v) is 15.2. The fourth-order valence-electron chi connectivity index (χ4n) is 2.59. The van der Waals surface area contributed by atoms with Crippen LogP contribution >= 0.6 is 0 Å². The molecule has 0 heterocycles. The second-order valence-electron chi connectivity index (χ2n) is 7.19. The van der Waals surface area contributed by atoms with Crippen molar-refractivity contribution in [2.24, 2.45) is 0 Å². The Morgan fingerprint density at radius 3 is 2.38 bits per heavy atom. The van der Waals surface area contributed by atoms with Gasteiger partial charge in [-0.05, 0) is 41.2 Å². The van der Waals surface area contributed by atoms with Gasteiger partial charge in [0.1, 0.15) is 5.75 Å². The van der Waals surface area contributed by atoms with E-state index in [1.807, 2.05) is 43.3 Å². The average molecular weight is 325 g/mol. The molecule has 1 atom stereocenters. The molecule has 1 amide bonds. The van der Waals surface area contributed by atoms with Crippen molar-refractivity contribution in [1.82, 2.24) is 5.32 Å². The molecule has 0 spiro atoms. The molecule has 0 aliphatic rings. The van der Waals surface area contributed by atoms with E-state index in [0.717, 1.165) is 16.9 Å². The summed E-state index contributed by atoms with van der Waals surface area (Å²) in [7, 11) is 1.64. The van der Waals surface area contributed by atoms with E-state index in [4.69, 9.17) is 4.74 Å². The molecule has 2 rings (SSSR count). The van der Waals surface area contributed by atoms with Gasteiger partial charge in [-0.15, -0.1) is 0 Å². The molecule has 0 bridgehead atoms. The smallest absolute Gasteiger partial charge is 0.224 e. The first-order valence-electron chi connectivity index (χ1n) is 8.32. The first-order chi connectivity index (χ1) is 11.3. The molecule has 3 nitrogen and oxygen atoms in total. The van der Waals surface area contributed by atoms with Crippen molar-refractivity contribution < 1.29 is 9.53 Å². The molecule has 0 unspecified atom stereocenters. The predicted octanol–water partition coefficient (Wildman–Crippen LogP) is 4.41. The van der Waals surface area contributed by atoms with Crippen LogP contribution in [0, 0.1) is 0 Å². The number of amides is 1. The van der Waals surface area contributed by atoms with Gasteiger partial charge in [0.2, 0.25) is 5.91 Å². The zero-order valence-electron chi connectivity index (χ0n) is 15.2. The van der Waals surface area contributed by atoms with Gasteiger partial charge in [-0.3, -0.25) is 4.79 Å². The predicted molar refractivity (Wildman–Crippen MR) is 98.4 cm³/mol. The third-order valence-electron chi connectivity index (χ3n) is 4.16. The second kappa shape index (κ2) is 7.52. The molecule has 0 radical (unpaired) electrons. The van der Waals surface area contributed by atoms with Crippen molar-refractivity contribution in [2.75, 3.05) is 7.11 Å². The van der Waals surface area contributed by atoms with Gasteiger partial charge >= 0.3 is 0 Å². The number of nitrogens with one attached hydrogen (secondary N) is 1. The molecule has 1 N–H and O–H groups in total. The van der Waals surface area contributed by atoms with Crippen LogP contribution in [0.15, 0.2) is 48.5 Å². The summed E-state index contributed by atoms with van der Waals surface area (Å²) in [5, 5.41) is 3.05. The highest BCUT2D eigenvalue weighted by Gasteiger charge is 2.14. The number of benzene rings is 2. The van der Waals surface area contributed by atoms with Crippen molar-refractivity contribution in [2.45, 2.75) is 45.6 Å². The number of rotatable bonds is 5. The van der Waals surface area contributed by atoms with Gasteiger partial charge in [0.15, 0.2) is 0 Å². The Morgan fingerprint density at radius 2 is 1.79 bits per heavy atom. The Hall–Kier alpha value is -2.29. The second-order valence-corrected chi connectivity index (χ2v) is 7.19. The Bertz CT molecular complexity index is 684. The number of methoxy groups -OCH3 is 1. The number of hydrogen-bond acceptors (Lipinski definition) is 2. The molecule has 128 valence electrons. The van der Waals surface area contributed by atoms with Gasteiger partial charge in [0, 0.05) is 0 Å². The fourth-order valence-corrected chi connectivity index (χ4v) is 2.59. The first-order valence-corrected chi connectivity index (χ1v) is 8.32. The van der Waals surface area contributed by atoms with Crippen LogP contribution in [-0.4, -0.2) is 13.0 Å². The Morgan fingerprint density at radius 1 is 1.12 bits per heavy atom. The maximum atomic E-state index is 12.3. The highest BCUT2D eigenvalue weighted by Crippen LogP contribution is 2.22. The van der Waals surface area contributed by atoms with E-state index in [1.165, 1.54) is 5.56 Å². The summed E-state index contributed by atoms with van der Waals surface area (Å²) in [6.45, 7) is 8.54. The number of carbonyl (C=O) groups is 1. The molecule has 24 heavy (non-hydrogen) atoms. The van der Waals surface area contributed by atoms with E-state index in [1.54, 1.807) is 7.11 Å². The molecule has 0 aliphatic carbocycles. The standard InChI is InChI=1S/C21H27NO2/c1-15(17-7-6-8-19(14-17)24-5)22-20(23)13-16-9-11-18(12-10-16)21(2,3)4/h6-12,14-15H,13H2,1-5H3,(H,22,23)/t15-/m1/s1. The largest absolute Gasteiger partial charge is 0.497 e. The molecule has 3 heteroatoms. The third-order valence-corrected chi connectivity index (χ3v) is 4.16. The van der Waals surface area contributed by atoms with E-state index >= 15 is 0 Å². The van der Waals surface area contributed by atoms with E-state index in [2.05, 4.69) is 38.2 Å². The van der Waals surface area contributed by atoms with Crippen molar-refractivity contribution in [3.63, 3.8) is 0 Å². The maximum absolute atomic E-state index is 12.3. The third kappa shape index (κ3) is 4.85. The lowest BCUT2D eigenvalue weighted by Gasteiger charge is -2.19. The zero-order chi connectivity index (χ0) is 17.7. The summed E-state index contributed by atoms with van der Waals surface area (Å²) >= 11 is 0. The van der Waals surface area contributed by atoms with Gasteiger partial charge < -0.3 is 10.1 Å². The lowest BCUT2D eigenvalue weighted by Crippen LogP contribution is -2.28. The molecule has 0 saturated heterocycles. The molecule has 2 aromatic rings. The summed E-state index contributed by atoms with van der Waals surface area (Å²) in [5.74, 6) is 0.820. The summed E-state index contributed by atoms with van der Waals surface area (Å²) < 4.78 is 5.23. The van der Waals surface area contributed by atoms with Crippen molar-refractivity contribution in [1.29, 1.82) is 0 Å². The molecular weight excluding hydrogens is 298 g/mol. The van der Waals surface area contributed by atoms with Crippen molar-refractivity contribution >= 4 is 5.91 Å². The molecule has 0 fully saturated rings. The highest BCUT2D eigenvalue weighted by molar-refractivity contribution is 5.79. The minimum Gasteiger partial charge on any atom is -0.497 e. The average Bonchev–Trinajstić information content (AvgIpc) is 2.54. The van der Waals surface area contributed by atoms with E-state index in [-0.39, 0.29) is 17.4 Å². The van der Waals surface area contributed by atoms with Crippen LogP contribution in [0.3, 0.4) is 0 Å². The Labute approximate surface area is 145 Å². The summed E-state index contributed by atoms with van der Waals surface area (Å²) in [4.78, 5) is 12.3. The summed E-state index contributed by atoms with van der Waals surface area (Å²) in [6.07, 6.45) is 0.388. The van der Waals surface area contributed by atoms with Crippen LogP contribution < -0.4 is 10.1 Å². The lowest BCUT2D eigenvalue weighted by molar-refractivity contribution is -0.121. The van der Waals surface area contributed by atoms with Crippen LogP contribution in [0.25, 0.3) is 0 Å². The molecular formula is C21H27NO2. The van der Waals surface area contributed by atoms with Gasteiger partial charge in [-0.2, -0.15) is 0 Å². The van der Waals surface area contributed by atoms with Gasteiger partial charge in [-0.25, -0.2) is 0 Å². The molecule has 0 saturated carbocycles. The number of ether oxygens (including phenoxy) is 1. The normalized spacial score (nSPS) is 12.5. The quantitative estimate of drug-likeness (QED) is 0.884. The minimum absolute atomic E-state index is 0.0221. The van der Waals surface area contributed by atoms with Crippen LogP contribution in [0.2, 0.25) is 0 Å². The summed E-state index contributed by atoms with van der Waals surface area (Å²) in [6, 6.07) is 16.0. The van der Waals surface area contributed by atoms with E-state index in [9.17, 15) is 4.79 Å². The SMILES string of the molecule is COc1cccc([C@@H](C)NC(=O)Cc2ccc(C(C)(C)C)cc2)c1. The van der Waals surface area contributed by atoms with E-state index < -0.39 is 0 Å². The Kier molecular flexibility index (Phi) is 5.66. The topological polar surface area (TPSA) is 38.3 Å². The van der Waals surface area contributed by atoms with Crippen molar-refractivity contribution in [3.8, 4) is 5.75 Å². The van der Waals surface area contributed by atoms with Crippen LogP contribution in [0.1, 0.15) is 50.4 Å². The van der Waals surface area contributed by atoms with Gasteiger partial charge in [-0.1, -0.05) is 57.2 Å². The molecule has 0 aromatic heterocycles. The maximum Gasteiger partial charge on any atom is 0.224 e. The van der Waals surface area contributed by atoms with Crippen LogP contribution in [0.5, 0.6) is 5.75 Å². The first kappa shape index (κ1) is 18.1. The molecule has 2 aromatic carbocycles. The Balaban J connectivity index is 1.97. The van der Waals surface area contributed by atoms with Gasteiger partial charge in [0.05, 0.1) is 19.6 Å². The minimum atomic E-state index is -0.0542. The monoisotopic (exact) mass is 325 g/mol. The van der Waals surface area contributed by atoms with Gasteiger partial charge in [0.25, 0.3) is 0 Å². The van der Waals surface area contributed by atoms with Crippen LogP contribution in [0.4, 0.5) is 0 Å². The van der Waals surface area contributed by atoms with Crippen LogP contribution in [-0.2, 0) is 16.6 Å². The lowest BCUT2D eigenvalue weighted by atomic mass is 9.86. The van der Waals surface area contributed by atoms with Crippen molar-refractivity contribution in [3.05, 3.63) is 65.2 Å². The van der Waals surface area contributed by atoms with E-state index in [0.29, 0.717) is 6.42 Å². The number of hydrogen-bond donors (Lipinski definition) is 1. The fraction of sp³-hybridized carbons (Fsp3) is 0.381.